The average Bonchev–Trinajstić information content (AvgIpc) is 2.83. The van der Waals surface area contributed by atoms with E-state index in [0.717, 1.165) is 11.8 Å². The summed E-state index contributed by atoms with van der Waals surface area (Å²) in [6.07, 6.45) is 5.60. The van der Waals surface area contributed by atoms with Gasteiger partial charge in [0.05, 0.1) is 5.41 Å². The van der Waals surface area contributed by atoms with Crippen molar-refractivity contribution in [2.45, 2.75) is 52.5 Å². The van der Waals surface area contributed by atoms with Crippen molar-refractivity contribution >= 4 is 5.97 Å². The Morgan fingerprint density at radius 3 is 2.20 bits per heavy atom. The number of nitrogens with two attached hydrogens (primary N) is 1. The second-order valence-corrected chi connectivity index (χ2v) is 5.81. The van der Waals surface area contributed by atoms with Crippen LogP contribution in [0.25, 0.3) is 0 Å². The van der Waals surface area contributed by atoms with Crippen molar-refractivity contribution in [1.82, 2.24) is 0 Å². The Hall–Kier alpha value is -0.570. The molecule has 0 amide bonds. The number of carbonyl (C=O) groups is 1. The van der Waals surface area contributed by atoms with Gasteiger partial charge in [-0.05, 0) is 45.4 Å². The van der Waals surface area contributed by atoms with E-state index in [-0.39, 0.29) is 0 Å². The van der Waals surface area contributed by atoms with E-state index in [1.165, 1.54) is 25.7 Å². The fourth-order valence-electron chi connectivity index (χ4n) is 1.96. The first-order chi connectivity index (χ1) is 6.82. The van der Waals surface area contributed by atoms with Gasteiger partial charge in [-0.15, -0.1) is 0 Å². The summed E-state index contributed by atoms with van der Waals surface area (Å²) in [7, 11) is 0. The lowest BCUT2D eigenvalue weighted by Crippen LogP contribution is -2.25. The Balaban J connectivity index is 0.000000153. The van der Waals surface area contributed by atoms with E-state index in [2.05, 4.69) is 0 Å². The molecule has 0 radical (unpaired) electrons. The normalized spacial score (nSPS) is 33.5. The number of hydrogen-bond donors (Lipinski definition) is 2. The molecule has 0 aromatic rings. The Morgan fingerprint density at radius 1 is 1.33 bits per heavy atom. The van der Waals surface area contributed by atoms with E-state index in [1.54, 1.807) is 20.8 Å². The first-order valence-electron chi connectivity index (χ1n) is 5.81. The molecule has 0 unspecified atom stereocenters. The third-order valence-corrected chi connectivity index (χ3v) is 3.28. The van der Waals surface area contributed by atoms with Crippen molar-refractivity contribution < 1.29 is 9.90 Å². The topological polar surface area (TPSA) is 63.3 Å². The van der Waals surface area contributed by atoms with Crippen LogP contribution in [0.3, 0.4) is 0 Å². The van der Waals surface area contributed by atoms with Crippen molar-refractivity contribution in [1.29, 1.82) is 0 Å². The van der Waals surface area contributed by atoms with Crippen LogP contribution in [0.5, 0.6) is 0 Å². The van der Waals surface area contributed by atoms with Gasteiger partial charge in [0.15, 0.2) is 0 Å². The maximum absolute atomic E-state index is 10.0. The van der Waals surface area contributed by atoms with Crippen LogP contribution in [0.4, 0.5) is 0 Å². The molecule has 0 aromatic carbocycles. The first kappa shape index (κ1) is 12.5. The SMILES string of the molecule is CC(C)(C)C(=O)O.N[C@@H]1CCC[C@H]2C[C@H]21. The van der Waals surface area contributed by atoms with Gasteiger partial charge in [-0.1, -0.05) is 12.8 Å². The van der Waals surface area contributed by atoms with Crippen molar-refractivity contribution in [2.75, 3.05) is 0 Å². The Morgan fingerprint density at radius 2 is 1.87 bits per heavy atom. The van der Waals surface area contributed by atoms with Gasteiger partial charge in [-0.2, -0.15) is 0 Å². The molecule has 0 aromatic heterocycles. The van der Waals surface area contributed by atoms with Crippen molar-refractivity contribution in [3.63, 3.8) is 0 Å². The summed E-state index contributed by atoms with van der Waals surface area (Å²) in [5.41, 5.74) is 5.24. The van der Waals surface area contributed by atoms with E-state index >= 15 is 0 Å². The summed E-state index contributed by atoms with van der Waals surface area (Å²) in [5.74, 6) is 1.25. The smallest absolute Gasteiger partial charge is 0.308 e. The van der Waals surface area contributed by atoms with Crippen LogP contribution in [0, 0.1) is 17.3 Å². The zero-order chi connectivity index (χ0) is 11.6. The zero-order valence-corrected chi connectivity index (χ0v) is 9.99. The van der Waals surface area contributed by atoms with Crippen LogP contribution in [-0.4, -0.2) is 17.1 Å². The predicted octanol–water partition coefficient (Wildman–Crippen LogP) is 2.25. The van der Waals surface area contributed by atoms with E-state index in [0.29, 0.717) is 6.04 Å². The molecule has 0 bridgehead atoms. The van der Waals surface area contributed by atoms with Gasteiger partial charge in [-0.25, -0.2) is 0 Å². The first-order valence-corrected chi connectivity index (χ1v) is 5.81. The molecular formula is C12H23NO2. The largest absolute Gasteiger partial charge is 0.481 e. The van der Waals surface area contributed by atoms with Gasteiger partial charge in [0.1, 0.15) is 0 Å². The molecule has 0 saturated heterocycles. The highest BCUT2D eigenvalue weighted by Crippen LogP contribution is 2.48. The van der Waals surface area contributed by atoms with Crippen molar-refractivity contribution in [3.05, 3.63) is 0 Å². The molecule has 2 aliphatic carbocycles. The molecule has 88 valence electrons. The van der Waals surface area contributed by atoms with E-state index in [4.69, 9.17) is 10.8 Å². The minimum Gasteiger partial charge on any atom is -0.481 e. The number of fused-ring (bicyclic) bond motifs is 1. The highest BCUT2D eigenvalue weighted by atomic mass is 16.4. The molecule has 3 nitrogen and oxygen atoms in total. The van der Waals surface area contributed by atoms with E-state index in [1.807, 2.05) is 0 Å². The fourth-order valence-corrected chi connectivity index (χ4v) is 1.96. The lowest BCUT2D eigenvalue weighted by Gasteiger charge is -2.15. The molecule has 15 heavy (non-hydrogen) atoms. The number of carboxylic acids is 1. The summed E-state index contributed by atoms with van der Waals surface area (Å²) < 4.78 is 0. The van der Waals surface area contributed by atoms with Crippen molar-refractivity contribution in [3.8, 4) is 0 Å². The van der Waals surface area contributed by atoms with Gasteiger partial charge in [0, 0.05) is 6.04 Å². The summed E-state index contributed by atoms with van der Waals surface area (Å²) in [6.45, 7) is 4.99. The van der Waals surface area contributed by atoms with Crippen LogP contribution >= 0.6 is 0 Å². The second kappa shape index (κ2) is 4.52. The van der Waals surface area contributed by atoms with Gasteiger partial charge >= 0.3 is 5.97 Å². The zero-order valence-electron chi connectivity index (χ0n) is 9.99. The Labute approximate surface area is 92.0 Å². The molecule has 0 aliphatic heterocycles. The molecule has 0 heterocycles. The summed E-state index contributed by atoms with van der Waals surface area (Å²) in [6, 6.07) is 0.578. The lowest BCUT2D eigenvalue weighted by molar-refractivity contribution is -0.145. The van der Waals surface area contributed by atoms with Crippen LogP contribution in [-0.2, 0) is 4.79 Å². The molecule has 2 fully saturated rings. The van der Waals surface area contributed by atoms with Crippen molar-refractivity contribution in [2.24, 2.45) is 23.0 Å². The predicted molar refractivity (Wildman–Crippen MR) is 60.5 cm³/mol. The minimum atomic E-state index is -0.757. The number of aliphatic carboxylic acids is 1. The lowest BCUT2D eigenvalue weighted by atomic mass is 9.96. The monoisotopic (exact) mass is 213 g/mol. The second-order valence-electron chi connectivity index (χ2n) is 5.81. The third kappa shape index (κ3) is 3.82. The summed E-state index contributed by atoms with van der Waals surface area (Å²) >= 11 is 0. The van der Waals surface area contributed by atoms with Crippen LogP contribution in [0.2, 0.25) is 0 Å². The highest BCUT2D eigenvalue weighted by molar-refractivity contribution is 5.72. The Bertz CT molecular complexity index is 232. The molecule has 3 heteroatoms. The van der Waals surface area contributed by atoms with Gasteiger partial charge in [0.25, 0.3) is 0 Å². The van der Waals surface area contributed by atoms with E-state index in [9.17, 15) is 4.79 Å². The van der Waals surface area contributed by atoms with Gasteiger partial charge < -0.3 is 10.8 Å². The quantitative estimate of drug-likeness (QED) is 0.648. The number of rotatable bonds is 0. The maximum atomic E-state index is 10.0. The number of carboxylic acid groups (broad SMARTS) is 1. The van der Waals surface area contributed by atoms with E-state index < -0.39 is 11.4 Å². The van der Waals surface area contributed by atoms with Crippen LogP contribution < -0.4 is 5.73 Å². The molecule has 3 atom stereocenters. The standard InChI is InChI=1S/C7H13N.C5H10O2/c8-7-3-1-2-5-4-6(5)7;1-5(2,3)4(6)7/h5-7H,1-4,8H2;1-3H3,(H,6,7)/t5-,6+,7+;/m0./s1. The minimum absolute atomic E-state index is 0.578. The molecule has 2 saturated carbocycles. The third-order valence-electron chi connectivity index (χ3n) is 3.28. The molecule has 2 rings (SSSR count). The molecule has 2 aliphatic rings. The van der Waals surface area contributed by atoms with Crippen LogP contribution in [0.1, 0.15) is 46.5 Å². The molecule has 3 N–H and O–H groups in total. The maximum Gasteiger partial charge on any atom is 0.308 e. The highest BCUT2D eigenvalue weighted by Gasteiger charge is 2.43. The van der Waals surface area contributed by atoms with Gasteiger partial charge in [-0.3, -0.25) is 4.79 Å². The fraction of sp³-hybridized carbons (Fsp3) is 0.917. The summed E-state index contributed by atoms with van der Waals surface area (Å²) in [4.78, 5) is 10.0. The molecular weight excluding hydrogens is 190 g/mol. The number of hydrogen-bond acceptors (Lipinski definition) is 2. The molecule has 0 spiro atoms. The Kier molecular flexibility index (Phi) is 3.77. The van der Waals surface area contributed by atoms with Crippen LogP contribution in [0.15, 0.2) is 0 Å². The average molecular weight is 213 g/mol. The summed E-state index contributed by atoms with van der Waals surface area (Å²) in [5, 5.41) is 8.25. The van der Waals surface area contributed by atoms with Gasteiger partial charge in [0.2, 0.25) is 0 Å².